The van der Waals surface area contributed by atoms with Gasteiger partial charge in [0.15, 0.2) is 0 Å². The minimum absolute atomic E-state index is 0.0602. The van der Waals surface area contributed by atoms with Gasteiger partial charge < -0.3 is 14.4 Å². The van der Waals surface area contributed by atoms with Crippen LogP contribution in [-0.4, -0.2) is 46.0 Å². The molecule has 0 radical (unpaired) electrons. The summed E-state index contributed by atoms with van der Waals surface area (Å²) in [6.07, 6.45) is 3.11. The van der Waals surface area contributed by atoms with E-state index in [9.17, 15) is 9.90 Å². The molecule has 0 unspecified atom stereocenters. The van der Waals surface area contributed by atoms with Crippen LogP contribution >= 0.6 is 0 Å². The molecule has 3 atom stereocenters. The summed E-state index contributed by atoms with van der Waals surface area (Å²) in [5.74, 6) is 0. The Morgan fingerprint density at radius 1 is 1.32 bits per heavy atom. The first kappa shape index (κ1) is 16.8. The number of rotatable bonds is 3. The predicted octanol–water partition coefficient (Wildman–Crippen LogP) is 2.04. The van der Waals surface area contributed by atoms with E-state index in [1.807, 2.05) is 37.4 Å². The molecular weight excluding hydrogens is 316 g/mol. The molecule has 0 bridgehead atoms. The fraction of sp³-hybridized carbons (Fsp3) is 0.550. The fourth-order valence-electron chi connectivity index (χ4n) is 4.78. The highest BCUT2D eigenvalue weighted by Gasteiger charge is 2.50. The summed E-state index contributed by atoms with van der Waals surface area (Å²) in [7, 11) is 3.62. The van der Waals surface area contributed by atoms with Crippen LogP contribution in [0.3, 0.4) is 0 Å². The molecule has 0 amide bonds. The maximum absolute atomic E-state index is 12.8. The highest BCUT2D eigenvalue weighted by molar-refractivity contribution is 5.79. The molecule has 2 aliphatic rings. The molecular formula is C20H26N2O3. The van der Waals surface area contributed by atoms with Crippen LogP contribution in [0.1, 0.15) is 31.2 Å². The van der Waals surface area contributed by atoms with Crippen LogP contribution in [-0.2, 0) is 18.3 Å². The van der Waals surface area contributed by atoms with Crippen molar-refractivity contribution in [2.75, 3.05) is 13.7 Å². The van der Waals surface area contributed by atoms with E-state index >= 15 is 0 Å². The van der Waals surface area contributed by atoms with Crippen molar-refractivity contribution in [2.24, 2.45) is 7.05 Å². The lowest BCUT2D eigenvalue weighted by atomic mass is 9.79. The number of aromatic nitrogens is 1. The van der Waals surface area contributed by atoms with Crippen LogP contribution in [0.25, 0.3) is 10.9 Å². The van der Waals surface area contributed by atoms with Gasteiger partial charge in [-0.25, -0.2) is 0 Å². The lowest BCUT2D eigenvalue weighted by molar-refractivity contribution is -0.0879. The number of fused-ring (bicyclic) bond motifs is 2. The Morgan fingerprint density at radius 3 is 2.92 bits per heavy atom. The van der Waals surface area contributed by atoms with Gasteiger partial charge in [0.05, 0.1) is 17.2 Å². The second-order valence-corrected chi connectivity index (χ2v) is 7.53. The number of likely N-dealkylation sites (tertiary alicyclic amines) is 1. The monoisotopic (exact) mass is 342 g/mol. The standard InChI is InChI=1S/C20H26N2O3/c1-21-17-6-4-3-5-14(17)11-15(19(21)24)13-22-10-9-20(25-2)8-7-16(23)12-18(20)22/h3-6,11,16,18,23H,7-10,12-13H2,1-2H3/t16-,18+,20-/m1/s1. The molecule has 5 heteroatoms. The second kappa shape index (κ2) is 6.24. The van der Waals surface area contributed by atoms with Gasteiger partial charge in [0.1, 0.15) is 0 Å². The fourth-order valence-corrected chi connectivity index (χ4v) is 4.78. The number of aliphatic hydroxyl groups is 1. The number of benzene rings is 1. The Morgan fingerprint density at radius 2 is 2.12 bits per heavy atom. The zero-order chi connectivity index (χ0) is 17.6. The third-order valence-corrected chi connectivity index (χ3v) is 6.25. The smallest absolute Gasteiger partial charge is 0.255 e. The number of hydrogen-bond donors (Lipinski definition) is 1. The number of methoxy groups -OCH3 is 1. The Bertz CT molecular complexity index is 846. The Labute approximate surface area is 147 Å². The quantitative estimate of drug-likeness (QED) is 0.927. The molecule has 134 valence electrons. The molecule has 4 rings (SSSR count). The molecule has 5 nitrogen and oxygen atoms in total. The summed E-state index contributed by atoms with van der Waals surface area (Å²) in [5, 5.41) is 11.2. The molecule has 2 heterocycles. The van der Waals surface area contributed by atoms with E-state index in [1.54, 1.807) is 11.7 Å². The SMILES string of the molecule is CO[C@@]12CC[C@@H](O)C[C@@H]1N(Cc1cc3ccccc3n(C)c1=O)CC2. The van der Waals surface area contributed by atoms with E-state index in [-0.39, 0.29) is 23.3 Å². The van der Waals surface area contributed by atoms with Crippen molar-refractivity contribution >= 4 is 10.9 Å². The number of aliphatic hydroxyl groups excluding tert-OH is 1. The summed E-state index contributed by atoms with van der Waals surface area (Å²) in [6.45, 7) is 1.52. The van der Waals surface area contributed by atoms with E-state index in [1.165, 1.54) is 0 Å². The summed E-state index contributed by atoms with van der Waals surface area (Å²) < 4.78 is 7.64. The van der Waals surface area contributed by atoms with Gasteiger partial charge in [-0.3, -0.25) is 9.69 Å². The average molecular weight is 342 g/mol. The van der Waals surface area contributed by atoms with E-state index in [0.717, 1.165) is 48.7 Å². The summed E-state index contributed by atoms with van der Waals surface area (Å²) in [5.41, 5.74) is 1.66. The van der Waals surface area contributed by atoms with Crippen LogP contribution in [0.15, 0.2) is 35.1 Å². The van der Waals surface area contributed by atoms with Crippen LogP contribution in [0, 0.1) is 0 Å². The van der Waals surface area contributed by atoms with Crippen molar-refractivity contribution in [3.05, 3.63) is 46.2 Å². The van der Waals surface area contributed by atoms with Crippen LogP contribution in [0.2, 0.25) is 0 Å². The lowest BCUT2D eigenvalue weighted by Gasteiger charge is -2.42. The zero-order valence-corrected chi connectivity index (χ0v) is 14.9. The van der Waals surface area contributed by atoms with Crippen LogP contribution < -0.4 is 5.56 Å². The maximum atomic E-state index is 12.8. The molecule has 25 heavy (non-hydrogen) atoms. The maximum Gasteiger partial charge on any atom is 0.255 e. The van der Waals surface area contributed by atoms with Gasteiger partial charge in [-0.1, -0.05) is 18.2 Å². The third kappa shape index (κ3) is 2.71. The normalized spacial score (nSPS) is 29.9. The molecule has 1 saturated carbocycles. The number of hydrogen-bond acceptors (Lipinski definition) is 4. The molecule has 1 saturated heterocycles. The first-order chi connectivity index (χ1) is 12.0. The van der Waals surface area contributed by atoms with Crippen molar-refractivity contribution in [3.8, 4) is 0 Å². The van der Waals surface area contributed by atoms with E-state index in [0.29, 0.717) is 6.54 Å². The first-order valence-corrected chi connectivity index (χ1v) is 9.09. The number of nitrogens with zero attached hydrogens (tertiary/aromatic N) is 2. The number of aryl methyl sites for hydroxylation is 1. The van der Waals surface area contributed by atoms with Gasteiger partial charge in [-0.2, -0.15) is 0 Å². The molecule has 1 aromatic carbocycles. The van der Waals surface area contributed by atoms with Crippen molar-refractivity contribution < 1.29 is 9.84 Å². The topological polar surface area (TPSA) is 54.7 Å². The number of ether oxygens (including phenoxy) is 1. The lowest BCUT2D eigenvalue weighted by Crippen LogP contribution is -2.51. The Balaban J connectivity index is 1.67. The average Bonchev–Trinajstić information content (AvgIpc) is 2.98. The predicted molar refractivity (Wildman–Crippen MR) is 97.6 cm³/mol. The first-order valence-electron chi connectivity index (χ1n) is 9.09. The highest BCUT2D eigenvalue weighted by atomic mass is 16.5. The molecule has 2 fully saturated rings. The highest BCUT2D eigenvalue weighted by Crippen LogP contribution is 2.42. The molecule has 1 aromatic heterocycles. The van der Waals surface area contributed by atoms with Crippen LogP contribution in [0.5, 0.6) is 0 Å². The minimum Gasteiger partial charge on any atom is -0.393 e. The van der Waals surface area contributed by atoms with Gasteiger partial charge in [0, 0.05) is 38.9 Å². The molecule has 1 aliphatic carbocycles. The molecule has 1 N–H and O–H groups in total. The Hall–Kier alpha value is -1.69. The largest absolute Gasteiger partial charge is 0.393 e. The van der Waals surface area contributed by atoms with Gasteiger partial charge in [0.2, 0.25) is 0 Å². The summed E-state index contributed by atoms with van der Waals surface area (Å²) in [4.78, 5) is 15.1. The minimum atomic E-state index is -0.270. The van der Waals surface area contributed by atoms with Gasteiger partial charge in [0.25, 0.3) is 5.56 Å². The van der Waals surface area contributed by atoms with Gasteiger partial charge in [-0.15, -0.1) is 0 Å². The van der Waals surface area contributed by atoms with Gasteiger partial charge >= 0.3 is 0 Å². The third-order valence-electron chi connectivity index (χ3n) is 6.25. The number of para-hydroxylation sites is 1. The van der Waals surface area contributed by atoms with Crippen molar-refractivity contribution in [3.63, 3.8) is 0 Å². The molecule has 2 aromatic rings. The molecule has 0 spiro atoms. The van der Waals surface area contributed by atoms with Crippen molar-refractivity contribution in [1.29, 1.82) is 0 Å². The summed E-state index contributed by atoms with van der Waals surface area (Å²) in [6, 6.07) is 10.2. The Kier molecular flexibility index (Phi) is 4.18. The molecule has 1 aliphatic heterocycles. The van der Waals surface area contributed by atoms with Crippen molar-refractivity contribution in [1.82, 2.24) is 9.47 Å². The van der Waals surface area contributed by atoms with E-state index in [4.69, 9.17) is 4.74 Å². The van der Waals surface area contributed by atoms with Gasteiger partial charge in [-0.05, 0) is 43.2 Å². The van der Waals surface area contributed by atoms with Crippen LogP contribution in [0.4, 0.5) is 0 Å². The zero-order valence-electron chi connectivity index (χ0n) is 14.9. The van der Waals surface area contributed by atoms with E-state index < -0.39 is 0 Å². The van der Waals surface area contributed by atoms with E-state index in [2.05, 4.69) is 4.90 Å². The van der Waals surface area contributed by atoms with Crippen molar-refractivity contribution in [2.45, 2.75) is 50.0 Å². The second-order valence-electron chi connectivity index (χ2n) is 7.53. The summed E-state index contributed by atoms with van der Waals surface area (Å²) >= 11 is 0. The number of pyridine rings is 1.